The Hall–Kier alpha value is -4.43. The van der Waals surface area contributed by atoms with Crippen LogP contribution < -0.4 is 15.0 Å². The van der Waals surface area contributed by atoms with Crippen LogP contribution in [0.3, 0.4) is 0 Å². The zero-order valence-corrected chi connectivity index (χ0v) is 23.3. The van der Waals surface area contributed by atoms with E-state index in [1.165, 1.54) is 5.69 Å². The van der Waals surface area contributed by atoms with Crippen LogP contribution in [0.4, 0.5) is 17.3 Å². The molecule has 208 valence electrons. The second kappa shape index (κ2) is 10.5. The molecule has 0 bridgehead atoms. The quantitative estimate of drug-likeness (QED) is 0.379. The second-order valence-corrected chi connectivity index (χ2v) is 11.2. The lowest BCUT2D eigenvalue weighted by molar-refractivity contribution is -0.00478. The Kier molecular flexibility index (Phi) is 6.55. The maximum absolute atomic E-state index is 13.2. The molecular weight excluding hydrogens is 512 g/mol. The van der Waals surface area contributed by atoms with Gasteiger partial charge in [-0.1, -0.05) is 36.4 Å². The molecule has 3 aliphatic rings. The number of benzene rings is 3. The summed E-state index contributed by atoms with van der Waals surface area (Å²) >= 11 is 0. The van der Waals surface area contributed by atoms with Gasteiger partial charge in [0.2, 0.25) is 5.95 Å². The maximum Gasteiger partial charge on any atom is 0.253 e. The van der Waals surface area contributed by atoms with Crippen LogP contribution in [0.5, 0.6) is 5.75 Å². The molecule has 1 N–H and O–H groups in total. The summed E-state index contributed by atoms with van der Waals surface area (Å²) < 4.78 is 6.75. The Bertz CT molecular complexity index is 1540. The third-order valence-electron chi connectivity index (χ3n) is 8.57. The summed E-state index contributed by atoms with van der Waals surface area (Å²) in [5, 5.41) is 3.42. The Morgan fingerprint density at radius 1 is 0.829 bits per heavy atom. The van der Waals surface area contributed by atoms with Crippen molar-refractivity contribution in [1.82, 2.24) is 19.8 Å². The Morgan fingerprint density at radius 2 is 1.54 bits per heavy atom. The molecule has 1 aromatic heterocycles. The van der Waals surface area contributed by atoms with Crippen molar-refractivity contribution in [2.24, 2.45) is 0 Å². The lowest BCUT2D eigenvalue weighted by Crippen LogP contribution is -2.49. The zero-order chi connectivity index (χ0) is 27.8. The highest BCUT2D eigenvalue weighted by molar-refractivity contribution is 5.94. The van der Waals surface area contributed by atoms with E-state index in [1.54, 1.807) is 0 Å². The average molecular weight is 547 g/mol. The van der Waals surface area contributed by atoms with Crippen molar-refractivity contribution in [2.75, 3.05) is 56.5 Å². The molecule has 0 unspecified atom stereocenters. The van der Waals surface area contributed by atoms with Gasteiger partial charge in [0.05, 0.1) is 5.69 Å². The van der Waals surface area contributed by atoms with Gasteiger partial charge >= 0.3 is 0 Å². The molecule has 0 saturated carbocycles. The lowest BCUT2D eigenvalue weighted by atomic mass is 9.81. The summed E-state index contributed by atoms with van der Waals surface area (Å²) in [6.07, 6.45) is 3.22. The van der Waals surface area contributed by atoms with Gasteiger partial charge in [0.25, 0.3) is 5.91 Å². The van der Waals surface area contributed by atoms with E-state index in [0.29, 0.717) is 37.4 Å². The molecule has 8 heteroatoms. The van der Waals surface area contributed by atoms with E-state index in [-0.39, 0.29) is 5.91 Å². The first-order chi connectivity index (χ1) is 20.1. The number of rotatable bonds is 4. The fraction of sp³-hybridized carbons (Fsp3) is 0.303. The number of ether oxygens (including phenoxy) is 1. The number of likely N-dealkylation sites (N-methyl/N-ethyl adjacent to an activating group) is 1. The molecule has 2 fully saturated rings. The average Bonchev–Trinajstić information content (AvgIpc) is 3.03. The predicted octanol–water partition coefficient (Wildman–Crippen LogP) is 5.16. The lowest BCUT2D eigenvalue weighted by Gasteiger charge is -2.44. The predicted molar refractivity (Wildman–Crippen MR) is 161 cm³/mol. The molecule has 8 nitrogen and oxygen atoms in total. The van der Waals surface area contributed by atoms with Crippen molar-refractivity contribution in [2.45, 2.75) is 18.4 Å². The molecule has 3 aliphatic heterocycles. The number of carbonyl (C=O) groups excluding carboxylic acids is 1. The third kappa shape index (κ3) is 4.89. The molecule has 1 amide bonds. The number of aromatic nitrogens is 2. The Morgan fingerprint density at radius 3 is 2.29 bits per heavy atom. The van der Waals surface area contributed by atoms with E-state index in [9.17, 15) is 4.79 Å². The first-order valence-electron chi connectivity index (χ1n) is 14.4. The van der Waals surface area contributed by atoms with Gasteiger partial charge in [0.15, 0.2) is 5.60 Å². The van der Waals surface area contributed by atoms with Gasteiger partial charge in [-0.25, -0.2) is 9.97 Å². The zero-order valence-electron chi connectivity index (χ0n) is 23.3. The summed E-state index contributed by atoms with van der Waals surface area (Å²) in [6.45, 7) is 5.41. The minimum atomic E-state index is -0.623. The van der Waals surface area contributed by atoms with E-state index in [2.05, 4.69) is 52.5 Å². The first kappa shape index (κ1) is 25.5. The number of piperidine rings is 1. The number of nitrogens with one attached hydrogen (secondary N) is 1. The standard InChI is InChI=1S/C33H34N6O2/c1-37-19-21-38(22-20-37)26-13-11-25(12-14-26)35-32-34-23-28-27-9-5-6-10-29(27)41-33(30(28)36-32)15-17-39(18-16-33)31(40)24-7-3-2-4-8-24/h2-14,23H,15-22H2,1H3,(H,34,35,36). The topological polar surface area (TPSA) is 73.8 Å². The van der Waals surface area contributed by atoms with Crippen LogP contribution in [0.1, 0.15) is 28.9 Å². The number of hydrogen-bond donors (Lipinski definition) is 1. The fourth-order valence-corrected chi connectivity index (χ4v) is 6.15. The normalized spacial score (nSPS) is 17.9. The van der Waals surface area contributed by atoms with E-state index in [0.717, 1.165) is 54.4 Å². The van der Waals surface area contributed by atoms with Crippen LogP contribution in [0.15, 0.2) is 85.1 Å². The molecule has 1 spiro atoms. The summed E-state index contributed by atoms with van der Waals surface area (Å²) in [7, 11) is 2.17. The molecule has 4 heterocycles. The molecule has 2 saturated heterocycles. The number of piperazine rings is 1. The third-order valence-corrected chi connectivity index (χ3v) is 8.57. The largest absolute Gasteiger partial charge is 0.480 e. The van der Waals surface area contributed by atoms with E-state index in [1.807, 2.05) is 59.6 Å². The number of nitrogens with zero attached hydrogens (tertiary/aromatic N) is 5. The monoisotopic (exact) mass is 546 g/mol. The number of carbonyl (C=O) groups is 1. The molecule has 41 heavy (non-hydrogen) atoms. The number of amides is 1. The first-order valence-corrected chi connectivity index (χ1v) is 14.4. The molecular formula is C33H34N6O2. The van der Waals surface area contributed by atoms with Crippen molar-refractivity contribution in [3.8, 4) is 16.9 Å². The SMILES string of the molecule is CN1CCN(c2ccc(Nc3ncc4c(n3)C3(CCN(C(=O)c5ccccc5)CC3)Oc3ccccc3-4)cc2)CC1. The van der Waals surface area contributed by atoms with Crippen molar-refractivity contribution < 1.29 is 9.53 Å². The van der Waals surface area contributed by atoms with Gasteiger partial charge in [-0.2, -0.15) is 0 Å². The van der Waals surface area contributed by atoms with Gasteiger partial charge in [0, 0.05) is 86.4 Å². The van der Waals surface area contributed by atoms with Crippen LogP contribution in [0.2, 0.25) is 0 Å². The number of para-hydroxylation sites is 1. The van der Waals surface area contributed by atoms with Crippen LogP contribution in [-0.4, -0.2) is 72.0 Å². The minimum Gasteiger partial charge on any atom is -0.480 e. The molecule has 0 aliphatic carbocycles. The molecule has 0 atom stereocenters. The van der Waals surface area contributed by atoms with Gasteiger partial charge < -0.3 is 24.8 Å². The van der Waals surface area contributed by atoms with Crippen molar-refractivity contribution >= 4 is 23.2 Å². The highest BCUT2D eigenvalue weighted by atomic mass is 16.5. The molecule has 7 rings (SSSR count). The van der Waals surface area contributed by atoms with Gasteiger partial charge in [-0.05, 0) is 49.5 Å². The van der Waals surface area contributed by atoms with Crippen LogP contribution in [-0.2, 0) is 5.60 Å². The van der Waals surface area contributed by atoms with E-state index < -0.39 is 5.60 Å². The van der Waals surface area contributed by atoms with Gasteiger partial charge in [0.1, 0.15) is 5.75 Å². The molecule has 3 aromatic carbocycles. The smallest absolute Gasteiger partial charge is 0.253 e. The Labute approximate surface area is 240 Å². The highest BCUT2D eigenvalue weighted by Gasteiger charge is 2.46. The molecule has 4 aromatic rings. The fourth-order valence-electron chi connectivity index (χ4n) is 6.15. The minimum absolute atomic E-state index is 0.0574. The number of likely N-dealkylation sites (tertiary alicyclic amines) is 1. The highest BCUT2D eigenvalue weighted by Crippen LogP contribution is 2.48. The van der Waals surface area contributed by atoms with Crippen LogP contribution >= 0.6 is 0 Å². The maximum atomic E-state index is 13.2. The Balaban J connectivity index is 1.14. The van der Waals surface area contributed by atoms with Crippen molar-refractivity contribution in [3.63, 3.8) is 0 Å². The van der Waals surface area contributed by atoms with E-state index in [4.69, 9.17) is 14.7 Å². The molecule has 0 radical (unpaired) electrons. The number of fused-ring (bicyclic) bond motifs is 4. The van der Waals surface area contributed by atoms with E-state index >= 15 is 0 Å². The van der Waals surface area contributed by atoms with Crippen LogP contribution in [0, 0.1) is 0 Å². The summed E-state index contributed by atoms with van der Waals surface area (Å²) in [4.78, 5) is 29.6. The van der Waals surface area contributed by atoms with Gasteiger partial charge in [-0.3, -0.25) is 4.79 Å². The van der Waals surface area contributed by atoms with Crippen molar-refractivity contribution in [3.05, 3.63) is 96.3 Å². The summed E-state index contributed by atoms with van der Waals surface area (Å²) in [6, 6.07) is 26.1. The van der Waals surface area contributed by atoms with Gasteiger partial charge in [-0.15, -0.1) is 0 Å². The summed E-state index contributed by atoms with van der Waals surface area (Å²) in [5.41, 5.74) is 5.14. The summed E-state index contributed by atoms with van der Waals surface area (Å²) in [5.74, 6) is 1.44. The number of hydrogen-bond acceptors (Lipinski definition) is 7. The number of anilines is 3. The van der Waals surface area contributed by atoms with Crippen LogP contribution in [0.25, 0.3) is 11.1 Å². The second-order valence-electron chi connectivity index (χ2n) is 11.2. The van der Waals surface area contributed by atoms with Crippen molar-refractivity contribution in [1.29, 1.82) is 0 Å².